The number of amides is 1. The summed E-state index contributed by atoms with van der Waals surface area (Å²) >= 11 is 0. The fraction of sp³-hybridized carbons (Fsp3) is 0.316. The normalized spacial score (nSPS) is 12.4. The molecular weight excluding hydrogens is 352 g/mol. The third kappa shape index (κ3) is 4.62. The fourth-order valence-corrected chi connectivity index (χ4v) is 3.71. The highest BCUT2D eigenvalue weighted by molar-refractivity contribution is 7.92. The number of hydrogen-bond acceptors (Lipinski definition) is 4. The van der Waals surface area contributed by atoms with Gasteiger partial charge in [-0.1, -0.05) is 31.2 Å². The van der Waals surface area contributed by atoms with E-state index in [-0.39, 0.29) is 16.8 Å². The molecule has 0 saturated heterocycles. The molecule has 140 valence electrons. The Hall–Kier alpha value is -2.38. The van der Waals surface area contributed by atoms with Gasteiger partial charge in [0, 0.05) is 19.7 Å². The molecule has 1 atom stereocenters. The Labute approximate surface area is 154 Å². The highest BCUT2D eigenvalue weighted by atomic mass is 32.2. The van der Waals surface area contributed by atoms with Crippen LogP contribution in [-0.2, 0) is 14.8 Å². The van der Waals surface area contributed by atoms with Crippen LogP contribution in [0.1, 0.15) is 23.7 Å². The molecule has 1 amide bonds. The number of rotatable bonds is 8. The molecule has 0 spiro atoms. The van der Waals surface area contributed by atoms with Crippen LogP contribution in [0.5, 0.6) is 0 Å². The first-order chi connectivity index (χ1) is 12.4. The van der Waals surface area contributed by atoms with E-state index in [1.54, 1.807) is 43.5 Å². The van der Waals surface area contributed by atoms with Gasteiger partial charge in [-0.15, -0.1) is 0 Å². The lowest BCUT2D eigenvalue weighted by Crippen LogP contribution is -2.37. The maximum atomic E-state index is 12.9. The van der Waals surface area contributed by atoms with Crippen molar-refractivity contribution in [3.05, 3.63) is 60.2 Å². The number of hydrogen-bond donors (Lipinski definition) is 1. The molecule has 0 saturated carbocycles. The zero-order valence-electron chi connectivity index (χ0n) is 15.2. The molecule has 7 heteroatoms. The Morgan fingerprint density at radius 2 is 1.85 bits per heavy atom. The first-order valence-corrected chi connectivity index (χ1v) is 9.78. The molecule has 0 fully saturated rings. The van der Waals surface area contributed by atoms with E-state index in [1.165, 1.54) is 23.5 Å². The number of carbonyl (C=O) groups is 1. The Balaban J connectivity index is 2.26. The predicted molar refractivity (Wildman–Crippen MR) is 102 cm³/mol. The maximum absolute atomic E-state index is 12.9. The molecule has 0 aliphatic carbocycles. The molecule has 6 nitrogen and oxygen atoms in total. The van der Waals surface area contributed by atoms with Gasteiger partial charge in [-0.05, 0) is 36.8 Å². The minimum atomic E-state index is -3.76. The van der Waals surface area contributed by atoms with Gasteiger partial charge in [0.15, 0.2) is 0 Å². The number of nitrogens with zero attached hydrogens (tertiary/aromatic N) is 1. The Morgan fingerprint density at radius 1 is 1.15 bits per heavy atom. The van der Waals surface area contributed by atoms with Crippen molar-refractivity contribution in [2.24, 2.45) is 0 Å². The second-order valence-corrected chi connectivity index (χ2v) is 7.84. The summed E-state index contributed by atoms with van der Waals surface area (Å²) in [6, 6.07) is 14.7. The third-order valence-corrected chi connectivity index (χ3v) is 5.85. The highest BCUT2D eigenvalue weighted by Gasteiger charge is 2.22. The van der Waals surface area contributed by atoms with Crippen molar-refractivity contribution in [1.29, 1.82) is 0 Å². The lowest BCUT2D eigenvalue weighted by atomic mass is 10.2. The van der Waals surface area contributed by atoms with E-state index >= 15 is 0 Å². The van der Waals surface area contributed by atoms with Gasteiger partial charge >= 0.3 is 0 Å². The van der Waals surface area contributed by atoms with Crippen LogP contribution in [-0.4, -0.2) is 41.1 Å². The molecule has 0 aliphatic heterocycles. The van der Waals surface area contributed by atoms with Crippen LogP contribution in [0, 0.1) is 0 Å². The van der Waals surface area contributed by atoms with Crippen molar-refractivity contribution in [3.63, 3.8) is 0 Å². The SMILES string of the molecule is CC[C@@H](COC)NC(=O)c1cccc(S(=O)(=O)N(C)c2ccccc2)c1. The molecule has 0 aliphatic rings. The topological polar surface area (TPSA) is 75.7 Å². The van der Waals surface area contributed by atoms with Crippen LogP contribution in [0.2, 0.25) is 0 Å². The molecule has 0 unspecified atom stereocenters. The molecule has 2 aromatic carbocycles. The Bertz CT molecular complexity index is 838. The lowest BCUT2D eigenvalue weighted by molar-refractivity contribution is 0.0894. The standard InChI is InChI=1S/C19H24N2O4S/c1-4-16(14-25-3)20-19(22)15-9-8-12-18(13-15)26(23,24)21(2)17-10-6-5-7-11-17/h5-13,16H,4,14H2,1-3H3,(H,20,22)/t16-/m0/s1. The minimum absolute atomic E-state index is 0.0660. The summed E-state index contributed by atoms with van der Waals surface area (Å²) in [5.74, 6) is -0.326. The zero-order chi connectivity index (χ0) is 19.2. The number of ether oxygens (including phenoxy) is 1. The van der Waals surface area contributed by atoms with Gasteiger partial charge in [0.2, 0.25) is 0 Å². The number of sulfonamides is 1. The first kappa shape index (κ1) is 19.9. The quantitative estimate of drug-likeness (QED) is 0.768. The number of para-hydroxylation sites is 1. The van der Waals surface area contributed by atoms with E-state index < -0.39 is 10.0 Å². The number of carbonyl (C=O) groups excluding carboxylic acids is 1. The Kier molecular flexibility index (Phi) is 6.76. The van der Waals surface area contributed by atoms with E-state index in [0.29, 0.717) is 24.3 Å². The molecular formula is C19H24N2O4S. The maximum Gasteiger partial charge on any atom is 0.264 e. The van der Waals surface area contributed by atoms with E-state index in [4.69, 9.17) is 4.74 Å². The van der Waals surface area contributed by atoms with Gasteiger partial charge in [0.1, 0.15) is 0 Å². The smallest absolute Gasteiger partial charge is 0.264 e. The number of nitrogens with one attached hydrogen (secondary N) is 1. The van der Waals surface area contributed by atoms with Crippen molar-refractivity contribution >= 4 is 21.6 Å². The molecule has 0 radical (unpaired) electrons. The van der Waals surface area contributed by atoms with Crippen molar-refractivity contribution in [2.75, 3.05) is 25.1 Å². The highest BCUT2D eigenvalue weighted by Crippen LogP contribution is 2.22. The number of benzene rings is 2. The first-order valence-electron chi connectivity index (χ1n) is 8.34. The molecule has 26 heavy (non-hydrogen) atoms. The van der Waals surface area contributed by atoms with Crippen LogP contribution in [0.15, 0.2) is 59.5 Å². The minimum Gasteiger partial charge on any atom is -0.383 e. The summed E-state index contributed by atoms with van der Waals surface area (Å²) in [6.07, 6.45) is 0.717. The van der Waals surface area contributed by atoms with Crippen molar-refractivity contribution in [1.82, 2.24) is 5.32 Å². The Morgan fingerprint density at radius 3 is 2.46 bits per heavy atom. The molecule has 2 rings (SSSR count). The van der Waals surface area contributed by atoms with Gasteiger partial charge in [-0.3, -0.25) is 9.10 Å². The van der Waals surface area contributed by atoms with Crippen molar-refractivity contribution in [3.8, 4) is 0 Å². The van der Waals surface area contributed by atoms with E-state index in [9.17, 15) is 13.2 Å². The molecule has 0 aromatic heterocycles. The van der Waals surface area contributed by atoms with Crippen molar-refractivity contribution in [2.45, 2.75) is 24.3 Å². The summed E-state index contributed by atoms with van der Waals surface area (Å²) in [5, 5.41) is 2.85. The predicted octanol–water partition coefficient (Wildman–Crippen LogP) is 2.67. The van der Waals surface area contributed by atoms with Crippen LogP contribution in [0.25, 0.3) is 0 Å². The second-order valence-electron chi connectivity index (χ2n) is 5.87. The summed E-state index contributed by atoms with van der Waals surface area (Å²) in [4.78, 5) is 12.5. The molecule has 1 N–H and O–H groups in total. The van der Waals surface area contributed by atoms with Crippen LogP contribution >= 0.6 is 0 Å². The molecule has 2 aromatic rings. The van der Waals surface area contributed by atoms with Crippen LogP contribution in [0.4, 0.5) is 5.69 Å². The second kappa shape index (κ2) is 8.82. The van der Waals surface area contributed by atoms with Crippen molar-refractivity contribution < 1.29 is 17.9 Å². The van der Waals surface area contributed by atoms with E-state index in [0.717, 1.165) is 0 Å². The largest absolute Gasteiger partial charge is 0.383 e. The van der Waals surface area contributed by atoms with Gasteiger partial charge in [-0.2, -0.15) is 0 Å². The van der Waals surface area contributed by atoms with Gasteiger partial charge in [-0.25, -0.2) is 8.42 Å². The summed E-state index contributed by atoms with van der Waals surface area (Å²) in [7, 11) is -0.704. The number of anilines is 1. The monoisotopic (exact) mass is 376 g/mol. The molecule has 0 bridgehead atoms. The molecule has 0 heterocycles. The summed E-state index contributed by atoms with van der Waals surface area (Å²) in [5.41, 5.74) is 0.843. The van der Waals surface area contributed by atoms with Gasteiger partial charge in [0.05, 0.1) is 23.2 Å². The van der Waals surface area contributed by atoms with E-state index in [1.807, 2.05) is 13.0 Å². The van der Waals surface area contributed by atoms with Gasteiger partial charge < -0.3 is 10.1 Å². The zero-order valence-corrected chi connectivity index (χ0v) is 16.0. The third-order valence-electron chi connectivity index (χ3n) is 4.07. The van der Waals surface area contributed by atoms with Crippen LogP contribution < -0.4 is 9.62 Å². The summed E-state index contributed by atoms with van der Waals surface area (Å²) < 4.78 is 32.0. The lowest BCUT2D eigenvalue weighted by Gasteiger charge is -2.20. The average Bonchev–Trinajstić information content (AvgIpc) is 2.67. The van der Waals surface area contributed by atoms with Gasteiger partial charge in [0.25, 0.3) is 15.9 Å². The average molecular weight is 376 g/mol. The van der Waals surface area contributed by atoms with Crippen LogP contribution in [0.3, 0.4) is 0 Å². The number of methoxy groups -OCH3 is 1. The fourth-order valence-electron chi connectivity index (χ4n) is 2.46. The summed E-state index contributed by atoms with van der Waals surface area (Å²) in [6.45, 7) is 2.34. The van der Waals surface area contributed by atoms with E-state index in [2.05, 4.69) is 5.32 Å².